The van der Waals surface area contributed by atoms with Crippen molar-refractivity contribution >= 4 is 0 Å². The Kier molecular flexibility index (Phi) is 7.71. The van der Waals surface area contributed by atoms with Crippen LogP contribution in [0.2, 0.25) is 0 Å². The summed E-state index contributed by atoms with van der Waals surface area (Å²) in [4.78, 5) is 0. The number of rotatable bonds is 10. The van der Waals surface area contributed by atoms with Gasteiger partial charge in [0.1, 0.15) is 5.76 Å². The lowest BCUT2D eigenvalue weighted by molar-refractivity contribution is 0.0386. The molecule has 0 aliphatic rings. The summed E-state index contributed by atoms with van der Waals surface area (Å²) in [5, 5.41) is 3.24. The third-order valence-corrected chi connectivity index (χ3v) is 2.13. The second-order valence-corrected chi connectivity index (χ2v) is 4.34. The Morgan fingerprint density at radius 1 is 1.24 bits per heavy atom. The van der Waals surface area contributed by atoms with Gasteiger partial charge in [0.05, 0.1) is 32.6 Å². The predicted molar refractivity (Wildman–Crippen MR) is 66.9 cm³/mol. The fraction of sp³-hybridized carbons (Fsp3) is 0.692. The van der Waals surface area contributed by atoms with Gasteiger partial charge in [-0.15, -0.1) is 0 Å². The van der Waals surface area contributed by atoms with E-state index in [-0.39, 0.29) is 0 Å². The van der Waals surface area contributed by atoms with Crippen LogP contribution in [0.15, 0.2) is 22.8 Å². The molecule has 98 valence electrons. The molecule has 0 fully saturated rings. The van der Waals surface area contributed by atoms with Crippen LogP contribution in [0.1, 0.15) is 19.6 Å². The molecule has 0 saturated heterocycles. The van der Waals surface area contributed by atoms with Gasteiger partial charge in [0.2, 0.25) is 0 Å². The van der Waals surface area contributed by atoms with Crippen molar-refractivity contribution in [3.05, 3.63) is 24.2 Å². The average molecular weight is 241 g/mol. The van der Waals surface area contributed by atoms with Crippen molar-refractivity contribution < 1.29 is 13.9 Å². The molecule has 0 spiro atoms. The van der Waals surface area contributed by atoms with Crippen molar-refractivity contribution in [2.75, 3.05) is 33.0 Å². The number of hydrogen-bond donors (Lipinski definition) is 1. The van der Waals surface area contributed by atoms with E-state index >= 15 is 0 Å². The first-order chi connectivity index (χ1) is 8.29. The highest BCUT2D eigenvalue weighted by atomic mass is 16.5. The van der Waals surface area contributed by atoms with E-state index in [1.165, 1.54) is 0 Å². The van der Waals surface area contributed by atoms with E-state index in [0.717, 1.165) is 25.5 Å². The molecule has 0 bridgehead atoms. The SMILES string of the molecule is CC(C)COCCOCCNCc1ccco1. The van der Waals surface area contributed by atoms with Gasteiger partial charge in [-0.3, -0.25) is 0 Å². The van der Waals surface area contributed by atoms with Crippen LogP contribution in [-0.4, -0.2) is 33.0 Å². The first-order valence-corrected chi connectivity index (χ1v) is 6.17. The molecule has 4 heteroatoms. The molecular weight excluding hydrogens is 218 g/mol. The first kappa shape index (κ1) is 14.2. The molecular formula is C13H23NO3. The lowest BCUT2D eigenvalue weighted by atomic mass is 10.2. The van der Waals surface area contributed by atoms with Crippen molar-refractivity contribution in [1.29, 1.82) is 0 Å². The second kappa shape index (κ2) is 9.22. The minimum absolute atomic E-state index is 0.588. The Morgan fingerprint density at radius 2 is 2.06 bits per heavy atom. The normalized spacial score (nSPS) is 11.2. The molecule has 4 nitrogen and oxygen atoms in total. The van der Waals surface area contributed by atoms with Gasteiger partial charge in [-0.25, -0.2) is 0 Å². The summed E-state index contributed by atoms with van der Waals surface area (Å²) in [6.07, 6.45) is 1.68. The van der Waals surface area contributed by atoms with Crippen LogP contribution in [0, 0.1) is 5.92 Å². The van der Waals surface area contributed by atoms with Crippen LogP contribution in [0.5, 0.6) is 0 Å². The monoisotopic (exact) mass is 241 g/mol. The Morgan fingerprint density at radius 3 is 2.76 bits per heavy atom. The van der Waals surface area contributed by atoms with E-state index in [1.54, 1.807) is 6.26 Å². The largest absolute Gasteiger partial charge is 0.468 e. The molecule has 0 radical (unpaired) electrons. The molecule has 1 aromatic rings. The number of ether oxygens (including phenoxy) is 2. The van der Waals surface area contributed by atoms with E-state index in [9.17, 15) is 0 Å². The van der Waals surface area contributed by atoms with Gasteiger partial charge in [0, 0.05) is 13.2 Å². The van der Waals surface area contributed by atoms with Crippen molar-refractivity contribution in [3.63, 3.8) is 0 Å². The summed E-state index contributed by atoms with van der Waals surface area (Å²) >= 11 is 0. The predicted octanol–water partition coefficient (Wildman–Crippen LogP) is 2.06. The molecule has 1 N–H and O–H groups in total. The maximum absolute atomic E-state index is 5.42. The topological polar surface area (TPSA) is 43.6 Å². The van der Waals surface area contributed by atoms with Gasteiger partial charge in [-0.05, 0) is 18.1 Å². The molecule has 0 aliphatic carbocycles. The van der Waals surface area contributed by atoms with Crippen LogP contribution >= 0.6 is 0 Å². The van der Waals surface area contributed by atoms with Crippen LogP contribution < -0.4 is 5.32 Å². The molecule has 0 saturated carbocycles. The van der Waals surface area contributed by atoms with Crippen LogP contribution in [-0.2, 0) is 16.0 Å². The van der Waals surface area contributed by atoms with Crippen LogP contribution in [0.4, 0.5) is 0 Å². The molecule has 17 heavy (non-hydrogen) atoms. The summed E-state index contributed by atoms with van der Waals surface area (Å²) in [6.45, 7) is 8.70. The van der Waals surface area contributed by atoms with E-state index in [1.807, 2.05) is 12.1 Å². The summed E-state index contributed by atoms with van der Waals surface area (Å²) in [7, 11) is 0. The fourth-order valence-corrected chi connectivity index (χ4v) is 1.31. The number of hydrogen-bond acceptors (Lipinski definition) is 4. The van der Waals surface area contributed by atoms with Gasteiger partial charge in [0.25, 0.3) is 0 Å². The van der Waals surface area contributed by atoms with Crippen molar-refractivity contribution in [2.45, 2.75) is 20.4 Å². The third kappa shape index (κ3) is 7.96. The smallest absolute Gasteiger partial charge is 0.117 e. The Balaban J connectivity index is 1.79. The van der Waals surface area contributed by atoms with Gasteiger partial charge < -0.3 is 19.2 Å². The summed E-state index contributed by atoms with van der Waals surface area (Å²) in [6, 6.07) is 3.84. The quantitative estimate of drug-likeness (QED) is 0.637. The highest BCUT2D eigenvalue weighted by Gasteiger charge is 1.95. The molecule has 0 aromatic carbocycles. The standard InChI is InChI=1S/C13H23NO3/c1-12(2)11-16-9-8-15-7-5-14-10-13-4-3-6-17-13/h3-4,6,12,14H,5,7-11H2,1-2H3. The van der Waals surface area contributed by atoms with E-state index in [0.29, 0.717) is 25.7 Å². The Bertz CT molecular complexity index is 260. The van der Waals surface area contributed by atoms with Gasteiger partial charge in [-0.1, -0.05) is 13.8 Å². The zero-order chi connectivity index (χ0) is 12.3. The Labute approximate surface area is 103 Å². The molecule has 0 unspecified atom stereocenters. The maximum atomic E-state index is 5.42. The van der Waals surface area contributed by atoms with Gasteiger partial charge >= 0.3 is 0 Å². The van der Waals surface area contributed by atoms with Crippen molar-refractivity contribution in [1.82, 2.24) is 5.32 Å². The summed E-state index contributed by atoms with van der Waals surface area (Å²) in [5.41, 5.74) is 0. The Hall–Kier alpha value is -0.840. The van der Waals surface area contributed by atoms with E-state index in [4.69, 9.17) is 13.9 Å². The summed E-state index contributed by atoms with van der Waals surface area (Å²) < 4.78 is 16.0. The highest BCUT2D eigenvalue weighted by Crippen LogP contribution is 1.97. The highest BCUT2D eigenvalue weighted by molar-refractivity contribution is 4.97. The zero-order valence-electron chi connectivity index (χ0n) is 10.8. The van der Waals surface area contributed by atoms with E-state index < -0.39 is 0 Å². The summed E-state index contributed by atoms with van der Waals surface area (Å²) in [5.74, 6) is 1.54. The van der Waals surface area contributed by atoms with Gasteiger partial charge in [-0.2, -0.15) is 0 Å². The molecule has 1 rings (SSSR count). The van der Waals surface area contributed by atoms with Crippen LogP contribution in [0.3, 0.4) is 0 Å². The zero-order valence-corrected chi connectivity index (χ0v) is 10.8. The average Bonchev–Trinajstić information content (AvgIpc) is 2.79. The molecule has 0 atom stereocenters. The first-order valence-electron chi connectivity index (χ1n) is 6.17. The maximum Gasteiger partial charge on any atom is 0.117 e. The number of nitrogens with one attached hydrogen (secondary N) is 1. The second-order valence-electron chi connectivity index (χ2n) is 4.34. The minimum Gasteiger partial charge on any atom is -0.468 e. The van der Waals surface area contributed by atoms with Crippen LogP contribution in [0.25, 0.3) is 0 Å². The van der Waals surface area contributed by atoms with E-state index in [2.05, 4.69) is 19.2 Å². The molecule has 1 heterocycles. The van der Waals surface area contributed by atoms with Crippen molar-refractivity contribution in [3.8, 4) is 0 Å². The molecule has 0 amide bonds. The molecule has 1 aromatic heterocycles. The third-order valence-electron chi connectivity index (χ3n) is 2.13. The minimum atomic E-state index is 0.588. The number of furan rings is 1. The fourth-order valence-electron chi connectivity index (χ4n) is 1.31. The lowest BCUT2D eigenvalue weighted by Gasteiger charge is -2.07. The lowest BCUT2D eigenvalue weighted by Crippen LogP contribution is -2.20. The van der Waals surface area contributed by atoms with Crippen molar-refractivity contribution in [2.24, 2.45) is 5.92 Å². The van der Waals surface area contributed by atoms with Gasteiger partial charge in [0.15, 0.2) is 0 Å². The molecule has 0 aliphatic heterocycles.